The number of rotatable bonds is 3. The molecule has 0 aliphatic carbocycles. The molecule has 0 atom stereocenters. The maximum absolute atomic E-state index is 12.2. The Kier molecular flexibility index (Phi) is 3.31. The van der Waals surface area contributed by atoms with E-state index in [2.05, 4.69) is 10.3 Å². The van der Waals surface area contributed by atoms with Crippen LogP contribution in [0.4, 0.5) is 11.6 Å². The molecule has 1 amide bonds. The topological polar surface area (TPSA) is 72.9 Å². The third kappa shape index (κ3) is 2.58. The third-order valence-corrected chi connectivity index (χ3v) is 3.40. The average Bonchev–Trinajstić information content (AvgIpc) is 2.78. The molecule has 5 heteroatoms. The van der Waals surface area contributed by atoms with E-state index in [0.29, 0.717) is 5.95 Å². The molecule has 0 saturated carbocycles. The molecule has 0 bridgehead atoms. The fraction of sp³-hybridized carbons (Fsp3) is 0.125. The summed E-state index contributed by atoms with van der Waals surface area (Å²) in [7, 11) is 0. The number of nitrogens with one attached hydrogen (secondary N) is 1. The van der Waals surface area contributed by atoms with E-state index in [9.17, 15) is 4.79 Å². The molecule has 5 nitrogen and oxygen atoms in total. The van der Waals surface area contributed by atoms with E-state index in [-0.39, 0.29) is 12.5 Å². The Hall–Kier alpha value is -2.82. The van der Waals surface area contributed by atoms with Gasteiger partial charge in [0, 0.05) is 5.69 Å². The molecule has 1 aromatic heterocycles. The van der Waals surface area contributed by atoms with E-state index < -0.39 is 0 Å². The number of imidazole rings is 1. The molecule has 3 N–H and O–H groups in total. The highest BCUT2D eigenvalue weighted by molar-refractivity contribution is 5.92. The van der Waals surface area contributed by atoms with Gasteiger partial charge in [-0.2, -0.15) is 0 Å². The largest absolute Gasteiger partial charge is 0.369 e. The SMILES string of the molecule is Cc1ccccc1NC(=O)Cn1c(N)nc2ccccc21. The van der Waals surface area contributed by atoms with E-state index >= 15 is 0 Å². The number of carbonyl (C=O) groups excluding carboxylic acids is 1. The van der Waals surface area contributed by atoms with Gasteiger partial charge in [-0.1, -0.05) is 30.3 Å². The van der Waals surface area contributed by atoms with Gasteiger partial charge < -0.3 is 15.6 Å². The number of para-hydroxylation sites is 3. The summed E-state index contributed by atoms with van der Waals surface area (Å²) in [5, 5.41) is 2.90. The minimum atomic E-state index is -0.126. The lowest BCUT2D eigenvalue weighted by atomic mass is 10.2. The molecule has 2 aromatic carbocycles. The Morgan fingerprint density at radius 1 is 1.19 bits per heavy atom. The molecule has 0 fully saturated rings. The molecule has 0 aliphatic rings. The Bertz CT molecular complexity index is 807. The fourth-order valence-electron chi connectivity index (χ4n) is 2.31. The van der Waals surface area contributed by atoms with Crippen molar-refractivity contribution in [2.45, 2.75) is 13.5 Å². The van der Waals surface area contributed by atoms with Gasteiger partial charge in [0.1, 0.15) is 6.54 Å². The second-order valence-corrected chi connectivity index (χ2v) is 4.91. The van der Waals surface area contributed by atoms with Crippen molar-refractivity contribution < 1.29 is 4.79 Å². The van der Waals surface area contributed by atoms with Crippen LogP contribution < -0.4 is 11.1 Å². The van der Waals surface area contributed by atoms with Gasteiger partial charge >= 0.3 is 0 Å². The number of anilines is 2. The Morgan fingerprint density at radius 2 is 1.90 bits per heavy atom. The van der Waals surface area contributed by atoms with Gasteiger partial charge in [0.05, 0.1) is 11.0 Å². The number of hydrogen-bond donors (Lipinski definition) is 2. The number of aryl methyl sites for hydroxylation is 1. The van der Waals surface area contributed by atoms with Gasteiger partial charge in [0.15, 0.2) is 0 Å². The lowest BCUT2D eigenvalue weighted by Crippen LogP contribution is -2.20. The molecule has 3 rings (SSSR count). The number of nitrogen functional groups attached to an aromatic ring is 1. The molecule has 3 aromatic rings. The van der Waals surface area contributed by atoms with Crippen molar-refractivity contribution in [2.24, 2.45) is 0 Å². The van der Waals surface area contributed by atoms with E-state index in [1.807, 2.05) is 55.5 Å². The van der Waals surface area contributed by atoms with Gasteiger partial charge in [0.25, 0.3) is 0 Å². The first-order chi connectivity index (χ1) is 10.1. The van der Waals surface area contributed by atoms with Gasteiger partial charge in [-0.25, -0.2) is 4.98 Å². The number of hydrogen-bond acceptors (Lipinski definition) is 3. The van der Waals surface area contributed by atoms with Crippen molar-refractivity contribution >= 4 is 28.6 Å². The summed E-state index contributed by atoms with van der Waals surface area (Å²) in [4.78, 5) is 16.5. The molecule has 0 radical (unpaired) electrons. The van der Waals surface area contributed by atoms with Crippen LogP contribution in [-0.4, -0.2) is 15.5 Å². The Balaban J connectivity index is 1.84. The number of benzene rings is 2. The average molecular weight is 280 g/mol. The lowest BCUT2D eigenvalue weighted by molar-refractivity contribution is -0.116. The van der Waals surface area contributed by atoms with Crippen molar-refractivity contribution in [1.29, 1.82) is 0 Å². The van der Waals surface area contributed by atoms with Gasteiger partial charge in [-0.05, 0) is 30.7 Å². The van der Waals surface area contributed by atoms with E-state index in [4.69, 9.17) is 5.73 Å². The first-order valence-corrected chi connectivity index (χ1v) is 6.71. The van der Waals surface area contributed by atoms with Crippen molar-refractivity contribution in [3.63, 3.8) is 0 Å². The predicted octanol–water partition coefficient (Wildman–Crippen LogP) is 2.57. The molecule has 0 unspecified atom stereocenters. The zero-order chi connectivity index (χ0) is 14.8. The summed E-state index contributed by atoms with van der Waals surface area (Å²) in [5.41, 5.74) is 9.38. The number of nitrogens with two attached hydrogens (primary N) is 1. The van der Waals surface area contributed by atoms with E-state index in [1.54, 1.807) is 4.57 Å². The monoisotopic (exact) mass is 280 g/mol. The first-order valence-electron chi connectivity index (χ1n) is 6.71. The summed E-state index contributed by atoms with van der Waals surface area (Å²) >= 11 is 0. The van der Waals surface area contributed by atoms with Gasteiger partial charge in [-0.15, -0.1) is 0 Å². The highest BCUT2D eigenvalue weighted by atomic mass is 16.1. The highest BCUT2D eigenvalue weighted by Crippen LogP contribution is 2.18. The van der Waals surface area contributed by atoms with Crippen LogP contribution in [0.15, 0.2) is 48.5 Å². The van der Waals surface area contributed by atoms with Gasteiger partial charge in [-0.3, -0.25) is 4.79 Å². The van der Waals surface area contributed by atoms with Crippen molar-refractivity contribution in [2.75, 3.05) is 11.1 Å². The Morgan fingerprint density at radius 3 is 2.71 bits per heavy atom. The normalized spacial score (nSPS) is 10.7. The second-order valence-electron chi connectivity index (χ2n) is 4.91. The highest BCUT2D eigenvalue weighted by Gasteiger charge is 2.11. The zero-order valence-electron chi connectivity index (χ0n) is 11.7. The van der Waals surface area contributed by atoms with Crippen LogP contribution in [-0.2, 0) is 11.3 Å². The summed E-state index contributed by atoms with van der Waals surface area (Å²) in [6.07, 6.45) is 0. The smallest absolute Gasteiger partial charge is 0.244 e. The van der Waals surface area contributed by atoms with Crippen molar-refractivity contribution in [3.05, 3.63) is 54.1 Å². The summed E-state index contributed by atoms with van der Waals surface area (Å²) in [6, 6.07) is 15.2. The van der Waals surface area contributed by atoms with Gasteiger partial charge in [0.2, 0.25) is 11.9 Å². The Labute approximate surface area is 122 Å². The number of amides is 1. The van der Waals surface area contributed by atoms with E-state index in [0.717, 1.165) is 22.3 Å². The first kappa shape index (κ1) is 13.2. The molecule has 0 aliphatic heterocycles. The lowest BCUT2D eigenvalue weighted by Gasteiger charge is -2.10. The molecular weight excluding hydrogens is 264 g/mol. The summed E-state index contributed by atoms with van der Waals surface area (Å²) < 4.78 is 1.71. The molecule has 0 saturated heterocycles. The van der Waals surface area contributed by atoms with Crippen LogP contribution >= 0.6 is 0 Å². The molecule has 1 heterocycles. The summed E-state index contributed by atoms with van der Waals surface area (Å²) in [6.45, 7) is 2.09. The second kappa shape index (κ2) is 5.28. The molecule has 106 valence electrons. The van der Waals surface area contributed by atoms with Crippen LogP contribution in [0.1, 0.15) is 5.56 Å². The van der Waals surface area contributed by atoms with Crippen molar-refractivity contribution in [1.82, 2.24) is 9.55 Å². The third-order valence-electron chi connectivity index (χ3n) is 3.40. The molecule has 21 heavy (non-hydrogen) atoms. The number of nitrogens with zero attached hydrogens (tertiary/aromatic N) is 2. The van der Waals surface area contributed by atoms with Crippen LogP contribution in [0.3, 0.4) is 0 Å². The van der Waals surface area contributed by atoms with E-state index in [1.165, 1.54) is 0 Å². The minimum Gasteiger partial charge on any atom is -0.369 e. The number of fused-ring (bicyclic) bond motifs is 1. The molecular formula is C16H16N4O. The standard InChI is InChI=1S/C16H16N4O/c1-11-6-2-3-7-12(11)18-15(21)10-20-14-9-5-4-8-13(14)19-16(20)17/h2-9H,10H2,1H3,(H2,17,19)(H,18,21). The predicted molar refractivity (Wildman–Crippen MR) is 84.0 cm³/mol. The van der Waals surface area contributed by atoms with Crippen molar-refractivity contribution in [3.8, 4) is 0 Å². The number of aromatic nitrogens is 2. The minimum absolute atomic E-state index is 0.126. The zero-order valence-corrected chi connectivity index (χ0v) is 11.7. The van der Waals surface area contributed by atoms with Crippen LogP contribution in [0.5, 0.6) is 0 Å². The van der Waals surface area contributed by atoms with Crippen LogP contribution in [0, 0.1) is 6.92 Å². The van der Waals surface area contributed by atoms with Crippen LogP contribution in [0.25, 0.3) is 11.0 Å². The maximum atomic E-state index is 12.2. The summed E-state index contributed by atoms with van der Waals surface area (Å²) in [5.74, 6) is 0.218. The quantitative estimate of drug-likeness (QED) is 0.774. The fourth-order valence-corrected chi connectivity index (χ4v) is 2.31. The number of carbonyl (C=O) groups is 1. The van der Waals surface area contributed by atoms with Crippen LogP contribution in [0.2, 0.25) is 0 Å². The maximum Gasteiger partial charge on any atom is 0.244 e. The molecule has 0 spiro atoms.